The molecule has 2 amide bonds. The van der Waals surface area contributed by atoms with Gasteiger partial charge in [0.2, 0.25) is 0 Å². The lowest BCUT2D eigenvalue weighted by atomic mass is 10.2. The molecule has 0 radical (unpaired) electrons. The van der Waals surface area contributed by atoms with Crippen LogP contribution in [0.5, 0.6) is 0 Å². The molecule has 0 bridgehead atoms. The van der Waals surface area contributed by atoms with Gasteiger partial charge >= 0.3 is 0 Å². The number of aryl methyl sites for hydroxylation is 1. The molecule has 9 heteroatoms. The number of carbonyl (C=O) groups excluding carboxylic acids is 2. The summed E-state index contributed by atoms with van der Waals surface area (Å²) in [6.07, 6.45) is 1.31. The number of hydrogen-bond acceptors (Lipinski definition) is 4. The standard InChI is InChI=1S/C22H19FN6O2/c1-14-12-19(15(2)28(14)17-10-8-16(23)9-11-17)21(30)25-26-22(31)20-13-24-29(27-20)18-6-4-3-5-7-18/h3-13H,1-2H3,(H,25,30)(H,26,31). The molecule has 156 valence electrons. The minimum atomic E-state index is -0.595. The van der Waals surface area contributed by atoms with Crippen molar-refractivity contribution in [3.05, 3.63) is 95.3 Å². The zero-order valence-electron chi connectivity index (χ0n) is 16.8. The number of nitrogens with zero attached hydrogens (tertiary/aromatic N) is 4. The van der Waals surface area contributed by atoms with Crippen molar-refractivity contribution in [3.63, 3.8) is 0 Å². The predicted molar refractivity (Wildman–Crippen MR) is 111 cm³/mol. The van der Waals surface area contributed by atoms with E-state index in [4.69, 9.17) is 0 Å². The van der Waals surface area contributed by atoms with Crippen LogP contribution in [-0.2, 0) is 0 Å². The van der Waals surface area contributed by atoms with E-state index in [9.17, 15) is 14.0 Å². The van der Waals surface area contributed by atoms with Crippen molar-refractivity contribution in [2.75, 3.05) is 0 Å². The first-order valence-corrected chi connectivity index (χ1v) is 9.47. The SMILES string of the molecule is Cc1cc(C(=O)NNC(=O)c2cnn(-c3ccccc3)n2)c(C)n1-c1ccc(F)cc1. The van der Waals surface area contributed by atoms with E-state index in [-0.39, 0.29) is 11.5 Å². The van der Waals surface area contributed by atoms with Gasteiger partial charge in [0.25, 0.3) is 11.8 Å². The van der Waals surface area contributed by atoms with Crippen molar-refractivity contribution in [2.45, 2.75) is 13.8 Å². The van der Waals surface area contributed by atoms with E-state index in [1.165, 1.54) is 23.1 Å². The average molecular weight is 418 g/mol. The summed E-state index contributed by atoms with van der Waals surface area (Å²) >= 11 is 0. The third kappa shape index (κ3) is 4.06. The summed E-state index contributed by atoms with van der Waals surface area (Å²) in [7, 11) is 0. The van der Waals surface area contributed by atoms with E-state index < -0.39 is 11.8 Å². The fourth-order valence-electron chi connectivity index (χ4n) is 3.28. The highest BCUT2D eigenvalue weighted by Crippen LogP contribution is 2.21. The van der Waals surface area contributed by atoms with Crippen LogP contribution in [0.1, 0.15) is 32.2 Å². The van der Waals surface area contributed by atoms with Crippen molar-refractivity contribution in [1.82, 2.24) is 30.4 Å². The molecule has 2 heterocycles. The Morgan fingerprint density at radius 2 is 1.58 bits per heavy atom. The number of carbonyl (C=O) groups is 2. The summed E-state index contributed by atoms with van der Waals surface area (Å²) in [4.78, 5) is 26.3. The summed E-state index contributed by atoms with van der Waals surface area (Å²) in [5.74, 6) is -1.41. The molecule has 8 nitrogen and oxygen atoms in total. The van der Waals surface area contributed by atoms with Crippen LogP contribution in [0.3, 0.4) is 0 Å². The van der Waals surface area contributed by atoms with Gasteiger partial charge < -0.3 is 4.57 Å². The zero-order valence-corrected chi connectivity index (χ0v) is 16.8. The number of amides is 2. The van der Waals surface area contributed by atoms with Gasteiger partial charge in [0.1, 0.15) is 5.82 Å². The topological polar surface area (TPSA) is 93.8 Å². The summed E-state index contributed by atoms with van der Waals surface area (Å²) in [6.45, 7) is 3.62. The number of hydrazine groups is 1. The highest BCUT2D eigenvalue weighted by molar-refractivity contribution is 5.99. The Bertz CT molecular complexity index is 1250. The first kappa shape index (κ1) is 20.0. The molecule has 0 saturated heterocycles. The molecule has 0 unspecified atom stereocenters. The highest BCUT2D eigenvalue weighted by Gasteiger charge is 2.18. The third-order valence-corrected chi connectivity index (χ3v) is 4.76. The van der Waals surface area contributed by atoms with Crippen LogP contribution in [0.15, 0.2) is 66.9 Å². The van der Waals surface area contributed by atoms with Gasteiger partial charge in [-0.15, -0.1) is 5.10 Å². The number of benzene rings is 2. The second-order valence-electron chi connectivity index (χ2n) is 6.86. The van der Waals surface area contributed by atoms with Crippen molar-refractivity contribution in [3.8, 4) is 11.4 Å². The minimum Gasteiger partial charge on any atom is -0.318 e. The Kier molecular flexibility index (Phi) is 5.31. The van der Waals surface area contributed by atoms with Crippen LogP contribution in [-0.4, -0.2) is 31.4 Å². The molecule has 0 saturated carbocycles. The van der Waals surface area contributed by atoms with E-state index in [1.807, 2.05) is 29.7 Å². The second kappa shape index (κ2) is 8.23. The summed E-state index contributed by atoms with van der Waals surface area (Å²) < 4.78 is 15.1. The van der Waals surface area contributed by atoms with Crippen LogP contribution >= 0.6 is 0 Å². The van der Waals surface area contributed by atoms with Gasteiger partial charge in [0.05, 0.1) is 17.4 Å². The lowest BCUT2D eigenvalue weighted by Gasteiger charge is -2.10. The molecule has 0 aliphatic heterocycles. The number of hydrogen-bond donors (Lipinski definition) is 2. The molecule has 31 heavy (non-hydrogen) atoms. The van der Waals surface area contributed by atoms with Crippen LogP contribution in [0, 0.1) is 19.7 Å². The van der Waals surface area contributed by atoms with Gasteiger partial charge in [-0.25, -0.2) is 4.39 Å². The molecule has 0 fully saturated rings. The first-order chi connectivity index (χ1) is 14.9. The lowest BCUT2D eigenvalue weighted by Crippen LogP contribution is -2.42. The maximum atomic E-state index is 13.2. The second-order valence-corrected chi connectivity index (χ2v) is 6.86. The molecule has 0 aliphatic carbocycles. The molecule has 0 spiro atoms. The van der Waals surface area contributed by atoms with Gasteiger partial charge in [-0.1, -0.05) is 18.2 Å². The largest absolute Gasteiger partial charge is 0.318 e. The van der Waals surface area contributed by atoms with E-state index >= 15 is 0 Å². The Morgan fingerprint density at radius 1 is 0.903 bits per heavy atom. The quantitative estimate of drug-likeness (QED) is 0.499. The number of para-hydroxylation sites is 1. The van der Waals surface area contributed by atoms with E-state index in [1.54, 1.807) is 37.3 Å². The maximum absolute atomic E-state index is 13.2. The molecule has 0 atom stereocenters. The van der Waals surface area contributed by atoms with Gasteiger partial charge in [-0.05, 0) is 56.3 Å². The first-order valence-electron chi connectivity index (χ1n) is 9.47. The Hall–Kier alpha value is -4.27. The molecular formula is C22H19FN6O2. The monoisotopic (exact) mass is 418 g/mol. The van der Waals surface area contributed by atoms with Crippen LogP contribution in [0.4, 0.5) is 4.39 Å². The molecule has 0 aliphatic rings. The summed E-state index contributed by atoms with van der Waals surface area (Å²) in [5.41, 5.74) is 8.09. The van der Waals surface area contributed by atoms with E-state index in [2.05, 4.69) is 21.0 Å². The lowest BCUT2D eigenvalue weighted by molar-refractivity contribution is 0.0843. The summed E-state index contributed by atoms with van der Waals surface area (Å²) in [6, 6.07) is 16.8. The van der Waals surface area contributed by atoms with Crippen LogP contribution in [0.25, 0.3) is 11.4 Å². The normalized spacial score (nSPS) is 10.7. The van der Waals surface area contributed by atoms with Crippen molar-refractivity contribution in [2.24, 2.45) is 0 Å². The number of halogens is 1. The van der Waals surface area contributed by atoms with Gasteiger partial charge in [-0.3, -0.25) is 20.4 Å². The average Bonchev–Trinajstić information content (AvgIpc) is 3.38. The van der Waals surface area contributed by atoms with Gasteiger partial charge in [0.15, 0.2) is 5.69 Å². The molecule has 2 aromatic carbocycles. The van der Waals surface area contributed by atoms with Crippen molar-refractivity contribution >= 4 is 11.8 Å². The van der Waals surface area contributed by atoms with Gasteiger partial charge in [0, 0.05) is 17.1 Å². The third-order valence-electron chi connectivity index (χ3n) is 4.76. The molecule has 2 N–H and O–H groups in total. The Balaban J connectivity index is 1.46. The fraction of sp³-hybridized carbons (Fsp3) is 0.0909. The highest BCUT2D eigenvalue weighted by atomic mass is 19.1. The summed E-state index contributed by atoms with van der Waals surface area (Å²) in [5, 5.41) is 8.18. The predicted octanol–water partition coefficient (Wildman–Crippen LogP) is 2.89. The molecule has 2 aromatic heterocycles. The molecule has 4 aromatic rings. The Labute approximate surface area is 177 Å². The Morgan fingerprint density at radius 3 is 2.29 bits per heavy atom. The smallest absolute Gasteiger partial charge is 0.291 e. The minimum absolute atomic E-state index is 0.0564. The van der Waals surface area contributed by atoms with Crippen LogP contribution in [0.2, 0.25) is 0 Å². The van der Waals surface area contributed by atoms with Gasteiger partial charge in [-0.2, -0.15) is 9.90 Å². The van der Waals surface area contributed by atoms with E-state index in [0.29, 0.717) is 16.9 Å². The van der Waals surface area contributed by atoms with E-state index in [0.717, 1.165) is 11.4 Å². The number of rotatable bonds is 4. The fourth-order valence-corrected chi connectivity index (χ4v) is 3.28. The molecular weight excluding hydrogens is 399 g/mol. The number of nitrogens with one attached hydrogen (secondary N) is 2. The maximum Gasteiger partial charge on any atom is 0.291 e. The van der Waals surface area contributed by atoms with Crippen molar-refractivity contribution in [1.29, 1.82) is 0 Å². The van der Waals surface area contributed by atoms with Crippen molar-refractivity contribution < 1.29 is 14.0 Å². The molecule has 4 rings (SSSR count). The van der Waals surface area contributed by atoms with Crippen LogP contribution < -0.4 is 10.9 Å². The number of aromatic nitrogens is 4. The zero-order chi connectivity index (χ0) is 22.0.